The number of hydrogen-bond acceptors (Lipinski definition) is 5. The summed E-state index contributed by atoms with van der Waals surface area (Å²) >= 11 is 16.8. The number of fused-ring (bicyclic) bond motifs is 1. The van der Waals surface area contributed by atoms with E-state index in [0.717, 1.165) is 19.5 Å². The molecule has 1 aliphatic rings. The van der Waals surface area contributed by atoms with Crippen LogP contribution in [0, 0.1) is 5.82 Å². The van der Waals surface area contributed by atoms with Crippen LogP contribution < -0.4 is 15.6 Å². The maximum Gasteiger partial charge on any atom is 0.343 e. The summed E-state index contributed by atoms with van der Waals surface area (Å²) in [5.41, 5.74) is 0.154. The van der Waals surface area contributed by atoms with Gasteiger partial charge < -0.3 is 19.5 Å². The van der Waals surface area contributed by atoms with Gasteiger partial charge in [-0.3, -0.25) is 4.79 Å². The molecule has 0 atom stereocenters. The van der Waals surface area contributed by atoms with Crippen LogP contribution in [0.3, 0.4) is 0 Å². The van der Waals surface area contributed by atoms with E-state index < -0.39 is 27.6 Å². The van der Waals surface area contributed by atoms with Crippen LogP contribution in [0.4, 0.5) is 10.1 Å². The van der Waals surface area contributed by atoms with Gasteiger partial charge in [-0.1, -0.05) is 41.7 Å². The Morgan fingerprint density at radius 1 is 1.28 bits per heavy atom. The summed E-state index contributed by atoms with van der Waals surface area (Å²) in [5.74, 6) is -1.42. The summed E-state index contributed by atoms with van der Waals surface area (Å²) in [6.45, 7) is 4.85. The molecule has 1 aromatic heterocycles. The maximum absolute atomic E-state index is 14.9. The molecule has 1 saturated heterocycles. The zero-order valence-corrected chi connectivity index (χ0v) is 18.1. The summed E-state index contributed by atoms with van der Waals surface area (Å²) in [6, 6.07) is 2.86. The molecule has 0 spiro atoms. The predicted octanol–water partition coefficient (Wildman–Crippen LogP) is 3.49. The maximum atomic E-state index is 14.9. The summed E-state index contributed by atoms with van der Waals surface area (Å²) in [7, 11) is 0. The van der Waals surface area contributed by atoms with Crippen LogP contribution >= 0.6 is 34.8 Å². The number of ether oxygens (including phenoxy) is 1. The highest BCUT2D eigenvalue weighted by atomic mass is 35.6. The van der Waals surface area contributed by atoms with Crippen molar-refractivity contribution in [3.05, 3.63) is 39.9 Å². The van der Waals surface area contributed by atoms with Crippen molar-refractivity contribution in [1.29, 1.82) is 0 Å². The minimum absolute atomic E-state index is 0.109. The normalized spacial score (nSPS) is 15.0. The van der Waals surface area contributed by atoms with Gasteiger partial charge in [-0.2, -0.15) is 0 Å². The molecule has 10 heteroatoms. The molecule has 2 heterocycles. The summed E-state index contributed by atoms with van der Waals surface area (Å²) in [5, 5.41) is 3.33. The molecule has 6 nitrogen and oxygen atoms in total. The largest absolute Gasteiger partial charge is 0.457 e. The molecule has 1 aromatic carbocycles. The number of carbonyl (C=O) groups is 1. The highest BCUT2D eigenvalue weighted by molar-refractivity contribution is 6.67. The van der Waals surface area contributed by atoms with E-state index in [1.807, 2.05) is 11.8 Å². The molecule has 2 aromatic rings. The number of nitrogens with one attached hydrogen (secondary N) is 1. The molecule has 0 unspecified atom stereocenters. The van der Waals surface area contributed by atoms with Crippen LogP contribution in [0.5, 0.6) is 0 Å². The first-order chi connectivity index (χ1) is 13.7. The summed E-state index contributed by atoms with van der Waals surface area (Å²) in [4.78, 5) is 27.2. The van der Waals surface area contributed by atoms with E-state index in [4.69, 9.17) is 39.5 Å². The molecule has 158 valence electrons. The Hall–Kier alpha value is -1.54. The third kappa shape index (κ3) is 5.15. The lowest BCUT2D eigenvalue weighted by Gasteiger charge is -2.30. The molecule has 0 radical (unpaired) electrons. The minimum atomic E-state index is -1.79. The quantitative estimate of drug-likeness (QED) is 0.542. The third-order valence-corrected chi connectivity index (χ3v) is 4.99. The molecule has 29 heavy (non-hydrogen) atoms. The van der Waals surface area contributed by atoms with Crippen molar-refractivity contribution in [1.82, 2.24) is 9.88 Å². The summed E-state index contributed by atoms with van der Waals surface area (Å²) in [6.07, 6.45) is 2.18. The average Bonchev–Trinajstić information content (AvgIpc) is 2.68. The lowest BCUT2D eigenvalue weighted by atomic mass is 10.1. The fraction of sp³-hybridized carbons (Fsp3) is 0.474. The number of nitrogens with zero attached hydrogens (tertiary/aromatic N) is 2. The van der Waals surface area contributed by atoms with Crippen molar-refractivity contribution in [2.75, 3.05) is 37.7 Å². The van der Waals surface area contributed by atoms with Crippen LogP contribution in [-0.2, 0) is 11.3 Å². The van der Waals surface area contributed by atoms with Crippen LogP contribution in [0.15, 0.2) is 23.1 Å². The summed E-state index contributed by atoms with van der Waals surface area (Å²) < 4.78 is 19.8. The average molecular weight is 465 g/mol. The Morgan fingerprint density at radius 2 is 1.97 bits per heavy atom. The second-order valence-electron chi connectivity index (χ2n) is 6.81. The molecule has 0 amide bonds. The number of rotatable bonds is 5. The zero-order chi connectivity index (χ0) is 21.2. The molecular weight excluding hydrogens is 444 g/mol. The Morgan fingerprint density at radius 3 is 2.59 bits per heavy atom. The van der Waals surface area contributed by atoms with Gasteiger partial charge >= 0.3 is 5.97 Å². The molecule has 3 rings (SSSR count). The number of halogens is 4. The zero-order valence-electron chi connectivity index (χ0n) is 15.8. The molecule has 1 N–H and O–H groups in total. The van der Waals surface area contributed by atoms with Gasteiger partial charge in [0.25, 0.3) is 0 Å². The lowest BCUT2D eigenvalue weighted by molar-refractivity contribution is 0.0510. The van der Waals surface area contributed by atoms with Gasteiger partial charge in [0, 0.05) is 44.3 Å². The molecule has 0 aliphatic carbocycles. The predicted molar refractivity (Wildman–Crippen MR) is 114 cm³/mol. The number of carbonyl (C=O) groups excluding carboxylic acids is 1. The molecule has 0 bridgehead atoms. The second kappa shape index (κ2) is 9.08. The van der Waals surface area contributed by atoms with E-state index >= 15 is 0 Å². The smallest absolute Gasteiger partial charge is 0.343 e. The van der Waals surface area contributed by atoms with Gasteiger partial charge in [0.05, 0.1) is 11.2 Å². The topological polar surface area (TPSA) is 63.6 Å². The van der Waals surface area contributed by atoms with Gasteiger partial charge in [-0.15, -0.1) is 0 Å². The van der Waals surface area contributed by atoms with Gasteiger partial charge in [0.15, 0.2) is 0 Å². The number of esters is 1. The molecular formula is C19H21Cl3FN3O3. The second-order valence-corrected chi connectivity index (χ2v) is 9.33. The number of piperazine rings is 1. The Bertz CT molecular complexity index is 969. The van der Waals surface area contributed by atoms with Crippen molar-refractivity contribution < 1.29 is 13.9 Å². The SMILES string of the molecule is CCCn1cc(C(=O)OCC(Cl)(Cl)Cl)c(=O)c2cc(F)c(N3CCNCC3)cc21. The van der Waals surface area contributed by atoms with Gasteiger partial charge in [-0.05, 0) is 18.6 Å². The molecule has 0 saturated carbocycles. The number of aromatic nitrogens is 1. The number of benzene rings is 1. The number of hydrogen-bond donors (Lipinski definition) is 1. The van der Waals surface area contributed by atoms with Crippen molar-refractivity contribution in [2.24, 2.45) is 0 Å². The van der Waals surface area contributed by atoms with Crippen LogP contribution in [0.1, 0.15) is 23.7 Å². The van der Waals surface area contributed by atoms with Crippen molar-refractivity contribution in [2.45, 2.75) is 23.7 Å². The molecule has 1 aliphatic heterocycles. The van der Waals surface area contributed by atoms with Crippen LogP contribution in [-0.4, -0.2) is 47.1 Å². The Labute approximate surface area is 182 Å². The number of pyridine rings is 1. The lowest BCUT2D eigenvalue weighted by Crippen LogP contribution is -2.43. The standard InChI is InChI=1S/C19H21Cl3FN3O3/c1-2-5-26-10-13(18(28)29-11-19(20,21)22)17(27)12-8-14(23)16(9-15(12)26)25-6-3-24-4-7-25/h8-10,24H,2-7,11H2,1H3. The van der Waals surface area contributed by atoms with E-state index in [1.165, 1.54) is 12.3 Å². The number of aryl methyl sites for hydroxylation is 1. The van der Waals surface area contributed by atoms with Gasteiger partial charge in [0.2, 0.25) is 9.22 Å². The first-order valence-corrected chi connectivity index (χ1v) is 10.4. The van der Waals surface area contributed by atoms with Crippen molar-refractivity contribution in [3.63, 3.8) is 0 Å². The minimum Gasteiger partial charge on any atom is -0.457 e. The fourth-order valence-corrected chi connectivity index (χ4v) is 3.51. The Kier molecular flexibility index (Phi) is 6.94. The highest BCUT2D eigenvalue weighted by Crippen LogP contribution is 2.27. The number of anilines is 1. The fourth-order valence-electron chi connectivity index (χ4n) is 3.34. The van der Waals surface area contributed by atoms with E-state index in [2.05, 4.69) is 5.32 Å². The van der Waals surface area contributed by atoms with Crippen LogP contribution in [0.25, 0.3) is 10.9 Å². The van der Waals surface area contributed by atoms with Crippen molar-refractivity contribution in [3.8, 4) is 0 Å². The number of alkyl halides is 3. The van der Waals surface area contributed by atoms with E-state index in [-0.39, 0.29) is 10.9 Å². The monoisotopic (exact) mass is 463 g/mol. The Balaban J connectivity index is 2.08. The highest BCUT2D eigenvalue weighted by Gasteiger charge is 2.25. The molecule has 1 fully saturated rings. The van der Waals surface area contributed by atoms with Gasteiger partial charge in [0.1, 0.15) is 18.0 Å². The first kappa shape index (κ1) is 22.2. The third-order valence-electron chi connectivity index (χ3n) is 4.66. The van der Waals surface area contributed by atoms with Gasteiger partial charge in [-0.25, -0.2) is 9.18 Å². The van der Waals surface area contributed by atoms with Crippen molar-refractivity contribution >= 4 is 57.4 Å². The van der Waals surface area contributed by atoms with E-state index in [1.54, 1.807) is 10.6 Å². The van der Waals surface area contributed by atoms with E-state index in [9.17, 15) is 14.0 Å². The van der Waals surface area contributed by atoms with E-state index in [0.29, 0.717) is 30.8 Å². The van der Waals surface area contributed by atoms with Crippen LogP contribution in [0.2, 0.25) is 0 Å². The first-order valence-electron chi connectivity index (χ1n) is 9.27.